The van der Waals surface area contributed by atoms with Crippen molar-refractivity contribution in [2.45, 2.75) is 39.2 Å². The number of hydrogen-bond acceptors (Lipinski definition) is 4. The highest BCUT2D eigenvalue weighted by atomic mass is 32.1. The van der Waals surface area contributed by atoms with Crippen LogP contribution in [0.5, 0.6) is 0 Å². The molecular weight excluding hydrogens is 344 g/mol. The Bertz CT molecular complexity index is 867. The van der Waals surface area contributed by atoms with Gasteiger partial charge in [-0.3, -0.25) is 4.79 Å². The van der Waals surface area contributed by atoms with Crippen LogP contribution in [0.3, 0.4) is 0 Å². The molecule has 0 spiro atoms. The first-order valence-electron chi connectivity index (χ1n) is 9.29. The van der Waals surface area contributed by atoms with E-state index in [1.807, 2.05) is 42.4 Å². The van der Waals surface area contributed by atoms with Crippen LogP contribution < -0.4 is 0 Å². The van der Waals surface area contributed by atoms with E-state index in [4.69, 9.17) is 0 Å². The average Bonchev–Trinajstić information content (AvgIpc) is 3.26. The van der Waals surface area contributed by atoms with Crippen LogP contribution >= 0.6 is 11.3 Å². The minimum Gasteiger partial charge on any atom is -0.342 e. The van der Waals surface area contributed by atoms with Gasteiger partial charge < -0.3 is 9.47 Å². The molecule has 1 amide bonds. The summed E-state index contributed by atoms with van der Waals surface area (Å²) in [6.07, 6.45) is 7.43. The van der Waals surface area contributed by atoms with Crippen LogP contribution in [0.25, 0.3) is 10.2 Å². The van der Waals surface area contributed by atoms with E-state index in [-0.39, 0.29) is 5.91 Å². The zero-order valence-electron chi connectivity index (χ0n) is 15.1. The molecule has 0 aliphatic carbocycles. The van der Waals surface area contributed by atoms with Crippen molar-refractivity contribution in [3.8, 4) is 0 Å². The van der Waals surface area contributed by atoms with Crippen molar-refractivity contribution in [2.75, 3.05) is 13.1 Å². The molecule has 0 radical (unpaired) electrons. The third-order valence-corrected chi connectivity index (χ3v) is 6.24. The summed E-state index contributed by atoms with van der Waals surface area (Å²) in [6, 6.07) is 8.16. The zero-order chi connectivity index (χ0) is 17.9. The summed E-state index contributed by atoms with van der Waals surface area (Å²) in [7, 11) is 0. The fourth-order valence-electron chi connectivity index (χ4n) is 3.71. The summed E-state index contributed by atoms with van der Waals surface area (Å²) < 4.78 is 3.39. The monoisotopic (exact) mass is 368 g/mol. The van der Waals surface area contributed by atoms with Gasteiger partial charge in [0.2, 0.25) is 5.91 Å². The predicted molar refractivity (Wildman–Crippen MR) is 104 cm³/mol. The number of benzene rings is 1. The molecule has 1 fully saturated rings. The van der Waals surface area contributed by atoms with E-state index in [9.17, 15) is 4.79 Å². The van der Waals surface area contributed by atoms with Crippen molar-refractivity contribution >= 4 is 27.5 Å². The quantitative estimate of drug-likeness (QED) is 0.690. The number of piperidine rings is 1. The van der Waals surface area contributed by atoms with Gasteiger partial charge in [-0.2, -0.15) is 0 Å². The molecule has 26 heavy (non-hydrogen) atoms. The lowest BCUT2D eigenvalue weighted by Crippen LogP contribution is -2.41. The van der Waals surface area contributed by atoms with Gasteiger partial charge in [0, 0.05) is 44.9 Å². The van der Waals surface area contributed by atoms with Crippen LogP contribution in [0.1, 0.15) is 30.1 Å². The molecule has 1 atom stereocenters. The number of amides is 1. The van der Waals surface area contributed by atoms with Crippen LogP contribution in [0.2, 0.25) is 0 Å². The molecule has 1 unspecified atom stereocenters. The minimum atomic E-state index is 0.260. The standard InChI is InChI=1S/C20H24N4OS/c1-15-21-10-12-23(15)13-16-5-4-11-24(14-16)20(25)9-8-19-22-17-6-2-3-7-18(17)26-19/h2-3,6-7,10,12,16H,4-5,8-9,11,13-14H2,1H3. The Hall–Kier alpha value is -2.21. The Labute approximate surface area is 157 Å². The maximum atomic E-state index is 12.7. The maximum Gasteiger partial charge on any atom is 0.222 e. The number of carbonyl (C=O) groups is 1. The fraction of sp³-hybridized carbons (Fsp3) is 0.450. The molecule has 0 bridgehead atoms. The third kappa shape index (κ3) is 3.80. The SMILES string of the molecule is Cc1nccn1CC1CCCN(C(=O)CCc2nc3ccccc3s2)C1. The molecular formula is C20H24N4OS. The number of hydrogen-bond donors (Lipinski definition) is 0. The Morgan fingerprint density at radius 3 is 3.04 bits per heavy atom. The second-order valence-corrected chi connectivity index (χ2v) is 8.17. The predicted octanol–water partition coefficient (Wildman–Crippen LogP) is 3.67. The normalized spacial score (nSPS) is 17.7. The van der Waals surface area contributed by atoms with Gasteiger partial charge in [0.15, 0.2) is 0 Å². The lowest BCUT2D eigenvalue weighted by molar-refractivity contribution is -0.133. The van der Waals surface area contributed by atoms with E-state index in [2.05, 4.69) is 20.6 Å². The summed E-state index contributed by atoms with van der Waals surface area (Å²) in [5.41, 5.74) is 1.04. The summed E-state index contributed by atoms with van der Waals surface area (Å²) in [6.45, 7) is 4.73. The van der Waals surface area contributed by atoms with E-state index in [0.29, 0.717) is 12.3 Å². The molecule has 1 aliphatic heterocycles. The number of fused-ring (bicyclic) bond motifs is 1. The first-order chi connectivity index (χ1) is 12.7. The number of carbonyl (C=O) groups excluding carboxylic acids is 1. The molecule has 136 valence electrons. The second-order valence-electron chi connectivity index (χ2n) is 7.05. The van der Waals surface area contributed by atoms with Gasteiger partial charge in [-0.05, 0) is 37.8 Å². The summed E-state index contributed by atoms with van der Waals surface area (Å²) in [5, 5.41) is 1.06. The summed E-state index contributed by atoms with van der Waals surface area (Å²) >= 11 is 1.70. The third-order valence-electron chi connectivity index (χ3n) is 5.14. The molecule has 2 aromatic heterocycles. The van der Waals surface area contributed by atoms with Crippen molar-refractivity contribution in [1.82, 2.24) is 19.4 Å². The highest BCUT2D eigenvalue weighted by Crippen LogP contribution is 2.24. The smallest absolute Gasteiger partial charge is 0.222 e. The van der Waals surface area contributed by atoms with Crippen molar-refractivity contribution in [2.24, 2.45) is 5.92 Å². The van der Waals surface area contributed by atoms with Crippen molar-refractivity contribution < 1.29 is 4.79 Å². The molecule has 1 aromatic carbocycles. The van der Waals surface area contributed by atoms with Crippen LogP contribution in [0.15, 0.2) is 36.7 Å². The number of aryl methyl sites for hydroxylation is 2. The van der Waals surface area contributed by atoms with Crippen LogP contribution in [0.4, 0.5) is 0 Å². The van der Waals surface area contributed by atoms with Gasteiger partial charge in [-0.1, -0.05) is 12.1 Å². The largest absolute Gasteiger partial charge is 0.342 e. The molecule has 0 N–H and O–H groups in total. The second kappa shape index (κ2) is 7.58. The van der Waals surface area contributed by atoms with Gasteiger partial charge in [0.05, 0.1) is 15.2 Å². The van der Waals surface area contributed by atoms with E-state index < -0.39 is 0 Å². The summed E-state index contributed by atoms with van der Waals surface area (Å²) in [5.74, 6) is 1.82. The topological polar surface area (TPSA) is 51.0 Å². The fourth-order valence-corrected chi connectivity index (χ4v) is 4.68. The number of para-hydroxylation sites is 1. The van der Waals surface area contributed by atoms with Crippen LogP contribution in [-0.2, 0) is 17.8 Å². The molecule has 4 rings (SSSR count). The molecule has 0 saturated carbocycles. The number of likely N-dealkylation sites (tertiary alicyclic amines) is 1. The van der Waals surface area contributed by atoms with E-state index in [0.717, 1.165) is 48.8 Å². The van der Waals surface area contributed by atoms with Crippen molar-refractivity contribution in [3.05, 3.63) is 47.5 Å². The van der Waals surface area contributed by atoms with Crippen molar-refractivity contribution in [3.63, 3.8) is 0 Å². The first kappa shape index (κ1) is 17.2. The molecule has 6 heteroatoms. The molecule has 5 nitrogen and oxygen atoms in total. The van der Waals surface area contributed by atoms with Crippen LogP contribution in [-0.4, -0.2) is 38.4 Å². The van der Waals surface area contributed by atoms with E-state index in [1.165, 1.54) is 11.1 Å². The highest BCUT2D eigenvalue weighted by molar-refractivity contribution is 7.18. The van der Waals surface area contributed by atoms with Gasteiger partial charge >= 0.3 is 0 Å². The van der Waals surface area contributed by atoms with Gasteiger partial charge in [-0.15, -0.1) is 11.3 Å². The lowest BCUT2D eigenvalue weighted by atomic mass is 9.97. The Kier molecular flexibility index (Phi) is 5.02. The first-order valence-corrected chi connectivity index (χ1v) is 10.1. The van der Waals surface area contributed by atoms with E-state index >= 15 is 0 Å². The van der Waals surface area contributed by atoms with E-state index in [1.54, 1.807) is 11.3 Å². The molecule has 1 saturated heterocycles. The molecule has 3 aromatic rings. The average molecular weight is 369 g/mol. The Balaban J connectivity index is 1.33. The Morgan fingerprint density at radius 1 is 1.35 bits per heavy atom. The maximum absolute atomic E-state index is 12.7. The van der Waals surface area contributed by atoms with Gasteiger partial charge in [0.25, 0.3) is 0 Å². The van der Waals surface area contributed by atoms with Crippen molar-refractivity contribution in [1.29, 1.82) is 0 Å². The Morgan fingerprint density at radius 2 is 2.23 bits per heavy atom. The highest BCUT2D eigenvalue weighted by Gasteiger charge is 2.24. The molecule has 3 heterocycles. The number of imidazole rings is 1. The van der Waals surface area contributed by atoms with Gasteiger partial charge in [0.1, 0.15) is 5.82 Å². The lowest BCUT2D eigenvalue weighted by Gasteiger charge is -2.33. The van der Waals surface area contributed by atoms with Crippen LogP contribution in [0, 0.1) is 12.8 Å². The molecule has 1 aliphatic rings. The summed E-state index contributed by atoms with van der Waals surface area (Å²) in [4.78, 5) is 23.7. The van der Waals surface area contributed by atoms with Gasteiger partial charge in [-0.25, -0.2) is 9.97 Å². The zero-order valence-corrected chi connectivity index (χ0v) is 15.9. The number of aromatic nitrogens is 3. The number of nitrogens with zero attached hydrogens (tertiary/aromatic N) is 4. The minimum absolute atomic E-state index is 0.260. The number of rotatable bonds is 5. The number of thiazole rings is 1.